The molecule has 65 valence electrons. The molecule has 0 bridgehead atoms. The van der Waals surface area contributed by atoms with E-state index >= 15 is 0 Å². The van der Waals surface area contributed by atoms with Crippen LogP contribution in [0.25, 0.3) is 0 Å². The highest BCUT2D eigenvalue weighted by atomic mass is 16.3. The quantitative estimate of drug-likeness (QED) is 0.608. The molecular formula is C9H18NO. The third-order valence-corrected chi connectivity index (χ3v) is 2.36. The van der Waals surface area contributed by atoms with Crippen molar-refractivity contribution in [2.24, 2.45) is 5.92 Å². The Labute approximate surface area is 69.2 Å². The first-order chi connectivity index (χ1) is 5.33. The van der Waals surface area contributed by atoms with Crippen LogP contribution in [-0.4, -0.2) is 31.1 Å². The first-order valence-corrected chi connectivity index (χ1v) is 4.63. The predicted octanol–water partition coefficient (Wildman–Crippen LogP) is 1.54. The maximum atomic E-state index is 10.2. The van der Waals surface area contributed by atoms with Crippen LogP contribution in [-0.2, 0) is 5.11 Å². The molecule has 1 heterocycles. The SMILES string of the molecule is CC1CCCN(CCC[O])C1. The average Bonchev–Trinajstić information content (AvgIpc) is 2.01. The van der Waals surface area contributed by atoms with Gasteiger partial charge >= 0.3 is 0 Å². The second-order valence-corrected chi connectivity index (χ2v) is 3.61. The van der Waals surface area contributed by atoms with Crippen molar-refractivity contribution < 1.29 is 5.11 Å². The summed E-state index contributed by atoms with van der Waals surface area (Å²) in [5, 5.41) is 10.2. The number of rotatable bonds is 3. The average molecular weight is 156 g/mol. The second-order valence-electron chi connectivity index (χ2n) is 3.61. The van der Waals surface area contributed by atoms with Gasteiger partial charge in [-0.1, -0.05) is 6.92 Å². The minimum Gasteiger partial charge on any atom is -0.303 e. The first kappa shape index (κ1) is 9.01. The molecule has 0 aliphatic carbocycles. The van der Waals surface area contributed by atoms with Gasteiger partial charge in [-0.3, -0.25) is 0 Å². The summed E-state index contributed by atoms with van der Waals surface area (Å²) in [5.74, 6) is 0.843. The first-order valence-electron chi connectivity index (χ1n) is 4.63. The Kier molecular flexibility index (Phi) is 3.87. The molecule has 1 aliphatic heterocycles. The molecule has 1 aliphatic rings. The number of hydrogen-bond donors (Lipinski definition) is 0. The van der Waals surface area contributed by atoms with Crippen LogP contribution in [0.1, 0.15) is 26.2 Å². The van der Waals surface area contributed by atoms with Gasteiger partial charge in [0.05, 0.1) is 6.61 Å². The lowest BCUT2D eigenvalue weighted by Crippen LogP contribution is -2.35. The fraction of sp³-hybridized carbons (Fsp3) is 1.00. The summed E-state index contributed by atoms with van der Waals surface area (Å²) in [6.45, 7) is 5.83. The van der Waals surface area contributed by atoms with Crippen molar-refractivity contribution in [1.82, 2.24) is 4.90 Å². The van der Waals surface area contributed by atoms with Gasteiger partial charge in [0.1, 0.15) is 0 Å². The highest BCUT2D eigenvalue weighted by Gasteiger charge is 2.14. The molecule has 1 saturated heterocycles. The lowest BCUT2D eigenvalue weighted by atomic mass is 10.0. The van der Waals surface area contributed by atoms with Crippen LogP contribution in [0.2, 0.25) is 0 Å². The molecule has 0 saturated carbocycles. The van der Waals surface area contributed by atoms with Crippen molar-refractivity contribution in [2.75, 3.05) is 26.2 Å². The van der Waals surface area contributed by atoms with E-state index in [1.54, 1.807) is 0 Å². The normalized spacial score (nSPS) is 27.3. The molecule has 1 atom stereocenters. The van der Waals surface area contributed by atoms with E-state index in [1.165, 1.54) is 25.9 Å². The van der Waals surface area contributed by atoms with Gasteiger partial charge < -0.3 is 4.90 Å². The van der Waals surface area contributed by atoms with Crippen LogP contribution in [0.3, 0.4) is 0 Å². The zero-order valence-electron chi connectivity index (χ0n) is 7.38. The monoisotopic (exact) mass is 156 g/mol. The zero-order chi connectivity index (χ0) is 8.10. The molecule has 0 aromatic carbocycles. The molecule has 1 unspecified atom stereocenters. The fourth-order valence-electron chi connectivity index (χ4n) is 1.78. The van der Waals surface area contributed by atoms with Crippen LogP contribution in [0.5, 0.6) is 0 Å². The minimum absolute atomic E-state index is 0.0882. The highest BCUT2D eigenvalue weighted by molar-refractivity contribution is 4.69. The number of piperidine rings is 1. The van der Waals surface area contributed by atoms with Crippen molar-refractivity contribution in [1.29, 1.82) is 0 Å². The molecule has 0 aromatic heterocycles. The molecule has 0 amide bonds. The highest BCUT2D eigenvalue weighted by Crippen LogP contribution is 2.14. The van der Waals surface area contributed by atoms with E-state index in [4.69, 9.17) is 0 Å². The summed E-state index contributed by atoms with van der Waals surface area (Å²) in [5.41, 5.74) is 0. The zero-order valence-corrected chi connectivity index (χ0v) is 7.38. The maximum absolute atomic E-state index is 10.2. The lowest BCUT2D eigenvalue weighted by molar-refractivity contribution is 0.141. The molecule has 0 aromatic rings. The summed E-state index contributed by atoms with van der Waals surface area (Å²) in [6, 6.07) is 0. The molecule has 1 fully saturated rings. The number of likely N-dealkylation sites (tertiary alicyclic amines) is 1. The van der Waals surface area contributed by atoms with Crippen LogP contribution >= 0.6 is 0 Å². The van der Waals surface area contributed by atoms with Gasteiger partial charge in [0.15, 0.2) is 0 Å². The predicted molar refractivity (Wildman–Crippen MR) is 45.0 cm³/mol. The van der Waals surface area contributed by atoms with Crippen molar-refractivity contribution in [3.63, 3.8) is 0 Å². The number of nitrogens with zero attached hydrogens (tertiary/aromatic N) is 1. The fourth-order valence-corrected chi connectivity index (χ4v) is 1.78. The number of hydrogen-bond acceptors (Lipinski definition) is 1. The molecular weight excluding hydrogens is 138 g/mol. The van der Waals surface area contributed by atoms with Crippen molar-refractivity contribution in [3.05, 3.63) is 0 Å². The molecule has 11 heavy (non-hydrogen) atoms. The molecule has 2 heteroatoms. The van der Waals surface area contributed by atoms with E-state index in [-0.39, 0.29) is 6.61 Å². The van der Waals surface area contributed by atoms with Gasteiger partial charge in [-0.25, -0.2) is 5.11 Å². The van der Waals surface area contributed by atoms with E-state index in [9.17, 15) is 5.11 Å². The topological polar surface area (TPSA) is 23.1 Å². The third kappa shape index (κ3) is 3.21. The minimum atomic E-state index is 0.0882. The lowest BCUT2D eigenvalue weighted by Gasteiger charge is -2.30. The Hall–Kier alpha value is -0.0800. The molecule has 0 spiro atoms. The van der Waals surface area contributed by atoms with Gasteiger partial charge in [-0.15, -0.1) is 0 Å². The molecule has 0 N–H and O–H groups in total. The van der Waals surface area contributed by atoms with Crippen molar-refractivity contribution >= 4 is 0 Å². The van der Waals surface area contributed by atoms with E-state index in [0.717, 1.165) is 18.9 Å². The van der Waals surface area contributed by atoms with Gasteiger partial charge in [-0.05, 0) is 31.7 Å². The molecule has 1 radical (unpaired) electrons. The Balaban J connectivity index is 2.12. The standard InChI is InChI=1S/C9H18NO/c1-9-4-2-5-10(8-9)6-3-7-11/h9H,2-8H2,1H3. The van der Waals surface area contributed by atoms with E-state index in [2.05, 4.69) is 11.8 Å². The summed E-state index contributed by atoms with van der Waals surface area (Å²) in [4.78, 5) is 2.42. The Bertz CT molecular complexity index is 106. The largest absolute Gasteiger partial charge is 0.303 e. The molecule has 2 nitrogen and oxygen atoms in total. The summed E-state index contributed by atoms with van der Waals surface area (Å²) >= 11 is 0. The summed E-state index contributed by atoms with van der Waals surface area (Å²) < 4.78 is 0. The second kappa shape index (κ2) is 4.73. The van der Waals surface area contributed by atoms with Crippen LogP contribution in [0.4, 0.5) is 0 Å². The van der Waals surface area contributed by atoms with E-state index in [1.807, 2.05) is 0 Å². The van der Waals surface area contributed by atoms with Crippen molar-refractivity contribution in [2.45, 2.75) is 26.2 Å². The Morgan fingerprint density at radius 3 is 3.00 bits per heavy atom. The van der Waals surface area contributed by atoms with Crippen molar-refractivity contribution in [3.8, 4) is 0 Å². The van der Waals surface area contributed by atoms with Gasteiger partial charge in [0, 0.05) is 13.1 Å². The summed E-state index contributed by atoms with van der Waals surface area (Å²) in [7, 11) is 0. The third-order valence-electron chi connectivity index (χ3n) is 2.36. The van der Waals surface area contributed by atoms with Gasteiger partial charge in [0.2, 0.25) is 0 Å². The van der Waals surface area contributed by atoms with Crippen LogP contribution in [0, 0.1) is 5.92 Å². The van der Waals surface area contributed by atoms with E-state index in [0.29, 0.717) is 0 Å². The summed E-state index contributed by atoms with van der Waals surface area (Å²) in [6.07, 6.45) is 3.51. The van der Waals surface area contributed by atoms with E-state index < -0.39 is 0 Å². The maximum Gasteiger partial charge on any atom is 0.0834 e. The Morgan fingerprint density at radius 1 is 1.55 bits per heavy atom. The molecule has 1 rings (SSSR count). The smallest absolute Gasteiger partial charge is 0.0834 e. The van der Waals surface area contributed by atoms with Crippen LogP contribution in [0.15, 0.2) is 0 Å². The Morgan fingerprint density at radius 2 is 2.36 bits per heavy atom. The van der Waals surface area contributed by atoms with Gasteiger partial charge in [0.25, 0.3) is 0 Å². The van der Waals surface area contributed by atoms with Gasteiger partial charge in [-0.2, -0.15) is 0 Å². The van der Waals surface area contributed by atoms with Crippen LogP contribution < -0.4 is 0 Å².